The van der Waals surface area contributed by atoms with Gasteiger partial charge in [-0.3, -0.25) is 14.4 Å². The van der Waals surface area contributed by atoms with Gasteiger partial charge in [0.1, 0.15) is 13.2 Å². The topological polar surface area (TPSA) is 78.9 Å². The normalized spacial score (nSPS) is 12.8. The molecule has 0 N–H and O–H groups in total. The van der Waals surface area contributed by atoms with E-state index in [1.807, 2.05) is 0 Å². The van der Waals surface area contributed by atoms with Gasteiger partial charge in [0.05, 0.1) is 0 Å². The Kier molecular flexibility index (Phi) is 45.5. The molecule has 6 heteroatoms. The van der Waals surface area contributed by atoms with Crippen LogP contribution >= 0.6 is 0 Å². The summed E-state index contributed by atoms with van der Waals surface area (Å²) in [5, 5.41) is 0. The zero-order chi connectivity index (χ0) is 43.7. The molecule has 342 valence electrons. The van der Waals surface area contributed by atoms with Crippen molar-refractivity contribution in [3.8, 4) is 0 Å². The van der Waals surface area contributed by atoms with E-state index in [-0.39, 0.29) is 37.5 Å². The minimum absolute atomic E-state index is 0.0936. The first-order valence-corrected chi connectivity index (χ1v) is 24.6. The van der Waals surface area contributed by atoms with Crippen LogP contribution in [0.5, 0.6) is 0 Å². The highest BCUT2D eigenvalue weighted by atomic mass is 16.6. The molecule has 0 spiro atoms. The van der Waals surface area contributed by atoms with Crippen molar-refractivity contribution in [1.29, 1.82) is 0 Å². The maximum atomic E-state index is 12.7. The molecular formula is C54H90O6. The van der Waals surface area contributed by atoms with Crippen molar-refractivity contribution < 1.29 is 28.6 Å². The molecule has 1 atom stereocenters. The largest absolute Gasteiger partial charge is 0.462 e. The lowest BCUT2D eigenvalue weighted by Crippen LogP contribution is -2.30. The number of carbonyl (C=O) groups excluding carboxylic acids is 3. The Morgan fingerprint density at radius 3 is 1.02 bits per heavy atom. The minimum Gasteiger partial charge on any atom is -0.462 e. The first-order valence-electron chi connectivity index (χ1n) is 24.6. The molecule has 6 nitrogen and oxygen atoms in total. The molecule has 60 heavy (non-hydrogen) atoms. The van der Waals surface area contributed by atoms with Crippen molar-refractivity contribution in [2.45, 2.75) is 226 Å². The summed E-state index contributed by atoms with van der Waals surface area (Å²) in [5.41, 5.74) is 0. The molecule has 0 rings (SSSR count). The van der Waals surface area contributed by atoms with Gasteiger partial charge in [-0.1, -0.05) is 215 Å². The van der Waals surface area contributed by atoms with Gasteiger partial charge in [0.25, 0.3) is 0 Å². The SMILES string of the molecule is CC/C=C\C/C=C\C/C=C\C/C=C\C/C=C\C/C=C\C/C=C\CCCC(=O)OCC(COC(=O)CCCCCCCC)OC(=O)CCCCCCCCCCCCCCC. The Bertz CT molecular complexity index is 1190. The van der Waals surface area contributed by atoms with Crippen molar-refractivity contribution in [1.82, 2.24) is 0 Å². The quantitative estimate of drug-likeness (QED) is 0.0263. The average Bonchev–Trinajstić information content (AvgIpc) is 3.24. The number of ether oxygens (including phenoxy) is 3. The Balaban J connectivity index is 4.32. The molecule has 0 saturated carbocycles. The lowest BCUT2D eigenvalue weighted by molar-refractivity contribution is -0.167. The predicted molar refractivity (Wildman–Crippen MR) is 256 cm³/mol. The second-order valence-corrected chi connectivity index (χ2v) is 16.0. The lowest BCUT2D eigenvalue weighted by atomic mass is 10.0. The van der Waals surface area contributed by atoms with Crippen molar-refractivity contribution >= 4 is 17.9 Å². The highest BCUT2D eigenvalue weighted by molar-refractivity contribution is 5.71. The third kappa shape index (κ3) is 45.7. The van der Waals surface area contributed by atoms with Gasteiger partial charge in [0.2, 0.25) is 0 Å². The molecule has 0 aromatic heterocycles. The first kappa shape index (κ1) is 56.6. The Labute approximate surface area is 369 Å². The highest BCUT2D eigenvalue weighted by Crippen LogP contribution is 2.14. The third-order valence-electron chi connectivity index (χ3n) is 10.2. The van der Waals surface area contributed by atoms with E-state index < -0.39 is 6.10 Å². The monoisotopic (exact) mass is 835 g/mol. The summed E-state index contributed by atoms with van der Waals surface area (Å²) in [6.45, 7) is 6.40. The van der Waals surface area contributed by atoms with Crippen LogP contribution in [0.3, 0.4) is 0 Å². The van der Waals surface area contributed by atoms with Crippen molar-refractivity contribution in [2.24, 2.45) is 0 Å². The smallest absolute Gasteiger partial charge is 0.306 e. The van der Waals surface area contributed by atoms with E-state index in [1.54, 1.807) is 0 Å². The van der Waals surface area contributed by atoms with E-state index in [2.05, 4.69) is 106 Å². The predicted octanol–water partition coefficient (Wildman–Crippen LogP) is 16.0. The molecular weight excluding hydrogens is 745 g/mol. The Morgan fingerprint density at radius 2 is 0.650 bits per heavy atom. The van der Waals surface area contributed by atoms with Gasteiger partial charge in [0.15, 0.2) is 6.10 Å². The summed E-state index contributed by atoms with van der Waals surface area (Å²) in [5.74, 6) is -0.968. The van der Waals surface area contributed by atoms with Crippen molar-refractivity contribution in [3.63, 3.8) is 0 Å². The molecule has 0 fully saturated rings. The summed E-state index contributed by atoms with van der Waals surface area (Å²) in [4.78, 5) is 37.6. The Morgan fingerprint density at radius 1 is 0.350 bits per heavy atom. The fourth-order valence-electron chi connectivity index (χ4n) is 6.49. The summed E-state index contributed by atoms with van der Waals surface area (Å²) < 4.78 is 16.6. The molecule has 0 aliphatic carbocycles. The van der Waals surface area contributed by atoms with Gasteiger partial charge in [0, 0.05) is 19.3 Å². The van der Waals surface area contributed by atoms with Crippen LogP contribution in [-0.4, -0.2) is 37.2 Å². The van der Waals surface area contributed by atoms with Gasteiger partial charge in [-0.15, -0.1) is 0 Å². The van der Waals surface area contributed by atoms with Crippen LogP contribution < -0.4 is 0 Å². The summed E-state index contributed by atoms with van der Waals surface area (Å²) in [7, 11) is 0. The second kappa shape index (κ2) is 48.3. The number of unbranched alkanes of at least 4 members (excludes halogenated alkanes) is 18. The van der Waals surface area contributed by atoms with Gasteiger partial charge >= 0.3 is 17.9 Å². The van der Waals surface area contributed by atoms with E-state index in [0.717, 1.165) is 89.9 Å². The molecule has 0 aliphatic heterocycles. The fraction of sp³-hybridized carbons (Fsp3) is 0.685. The number of hydrogen-bond acceptors (Lipinski definition) is 6. The van der Waals surface area contributed by atoms with Gasteiger partial charge in [-0.2, -0.15) is 0 Å². The maximum Gasteiger partial charge on any atom is 0.306 e. The zero-order valence-corrected chi connectivity index (χ0v) is 38.9. The summed E-state index contributed by atoms with van der Waals surface area (Å²) >= 11 is 0. The van der Waals surface area contributed by atoms with E-state index in [1.165, 1.54) is 83.5 Å². The van der Waals surface area contributed by atoms with Gasteiger partial charge < -0.3 is 14.2 Å². The molecule has 0 aromatic rings. The number of hydrogen-bond donors (Lipinski definition) is 0. The maximum absolute atomic E-state index is 12.7. The summed E-state index contributed by atoms with van der Waals surface area (Å²) in [6, 6.07) is 0. The van der Waals surface area contributed by atoms with Gasteiger partial charge in [-0.05, 0) is 70.6 Å². The van der Waals surface area contributed by atoms with Crippen molar-refractivity contribution in [3.05, 3.63) is 85.1 Å². The van der Waals surface area contributed by atoms with E-state index in [0.29, 0.717) is 19.3 Å². The molecule has 1 unspecified atom stereocenters. The molecule has 0 radical (unpaired) electrons. The van der Waals surface area contributed by atoms with Crippen LogP contribution in [0.1, 0.15) is 220 Å². The number of allylic oxidation sites excluding steroid dienone is 14. The molecule has 0 aliphatic rings. The van der Waals surface area contributed by atoms with Gasteiger partial charge in [-0.25, -0.2) is 0 Å². The Hall–Kier alpha value is -3.41. The third-order valence-corrected chi connectivity index (χ3v) is 10.2. The van der Waals surface area contributed by atoms with Crippen LogP contribution in [0.15, 0.2) is 85.1 Å². The molecule has 0 heterocycles. The second-order valence-electron chi connectivity index (χ2n) is 16.0. The van der Waals surface area contributed by atoms with E-state index in [4.69, 9.17) is 14.2 Å². The fourth-order valence-corrected chi connectivity index (χ4v) is 6.49. The molecule has 0 aromatic carbocycles. The zero-order valence-electron chi connectivity index (χ0n) is 38.9. The first-order chi connectivity index (χ1) is 29.5. The van der Waals surface area contributed by atoms with Crippen LogP contribution in [0, 0.1) is 0 Å². The van der Waals surface area contributed by atoms with Crippen LogP contribution in [0.4, 0.5) is 0 Å². The van der Waals surface area contributed by atoms with Crippen LogP contribution in [-0.2, 0) is 28.6 Å². The number of carbonyl (C=O) groups is 3. The van der Waals surface area contributed by atoms with Crippen LogP contribution in [0.25, 0.3) is 0 Å². The highest BCUT2D eigenvalue weighted by Gasteiger charge is 2.19. The van der Waals surface area contributed by atoms with E-state index >= 15 is 0 Å². The number of rotatable bonds is 43. The number of esters is 3. The van der Waals surface area contributed by atoms with Crippen molar-refractivity contribution in [2.75, 3.05) is 13.2 Å². The molecule has 0 amide bonds. The minimum atomic E-state index is -0.793. The standard InChI is InChI=1S/C54H90O6/c1-4-7-10-13-16-18-20-22-23-24-25-26-27-28-29-30-31-33-34-36-38-41-44-47-53(56)59-50-51(49-58-52(55)46-43-40-15-12-9-6-3)60-54(57)48-45-42-39-37-35-32-21-19-17-14-11-8-5-2/h7,10,16,18,22-23,25-26,28-29,31,33,36,38,51H,4-6,8-9,11-15,17,19-21,24,27,30,32,34-35,37,39-50H2,1-3H3/b10-7-,18-16-,23-22-,26-25-,29-28-,33-31-,38-36-. The molecule has 0 bridgehead atoms. The van der Waals surface area contributed by atoms with Crippen LogP contribution in [0.2, 0.25) is 0 Å². The average molecular weight is 835 g/mol. The molecule has 0 saturated heterocycles. The summed E-state index contributed by atoms with van der Waals surface area (Å²) in [6.07, 6.45) is 61.7. The van der Waals surface area contributed by atoms with E-state index in [9.17, 15) is 14.4 Å². The lowest BCUT2D eigenvalue weighted by Gasteiger charge is -2.18.